The summed E-state index contributed by atoms with van der Waals surface area (Å²) in [6, 6.07) is 16.7. The van der Waals surface area contributed by atoms with Crippen LogP contribution in [0.2, 0.25) is 0 Å². The standard InChI is InChI=1S/C29H39NO4/c1-29(2,17-20-15-23-8-3-4-9-24(23)16-20)30-18-25(31)19-34-28(22-11-12-22)26-10-6-5-7-21(26)13-14-27(32)33/h3-10,20,22,25,28,30-31H,11-19H2,1-2H3,(H,32,33)/t25-,28-/m1/s1. The van der Waals surface area contributed by atoms with E-state index in [0.29, 0.717) is 24.8 Å². The van der Waals surface area contributed by atoms with Gasteiger partial charge in [-0.3, -0.25) is 4.79 Å². The lowest BCUT2D eigenvalue weighted by atomic mass is 9.88. The van der Waals surface area contributed by atoms with E-state index in [2.05, 4.69) is 43.4 Å². The Morgan fingerprint density at radius 1 is 1.09 bits per heavy atom. The van der Waals surface area contributed by atoms with E-state index in [0.717, 1.165) is 43.2 Å². The number of carbonyl (C=O) groups is 1. The second kappa shape index (κ2) is 11.0. The normalized spacial score (nSPS) is 18.0. The van der Waals surface area contributed by atoms with Crippen molar-refractivity contribution in [2.24, 2.45) is 11.8 Å². The molecule has 1 fully saturated rings. The van der Waals surface area contributed by atoms with Crippen LogP contribution in [0.1, 0.15) is 67.9 Å². The summed E-state index contributed by atoms with van der Waals surface area (Å²) in [6.45, 7) is 5.20. The van der Waals surface area contributed by atoms with Crippen molar-refractivity contribution in [2.45, 2.75) is 76.5 Å². The molecule has 0 heterocycles. The van der Waals surface area contributed by atoms with Gasteiger partial charge in [-0.15, -0.1) is 0 Å². The Hall–Kier alpha value is -2.21. The Labute approximate surface area is 203 Å². The summed E-state index contributed by atoms with van der Waals surface area (Å²) in [4.78, 5) is 11.1. The highest BCUT2D eigenvalue weighted by Crippen LogP contribution is 2.44. The number of aryl methyl sites for hydroxylation is 1. The van der Waals surface area contributed by atoms with Crippen molar-refractivity contribution < 1.29 is 19.7 Å². The summed E-state index contributed by atoms with van der Waals surface area (Å²) < 4.78 is 6.26. The van der Waals surface area contributed by atoms with E-state index in [1.807, 2.05) is 24.3 Å². The first-order valence-electron chi connectivity index (χ1n) is 12.7. The summed E-state index contributed by atoms with van der Waals surface area (Å²) in [5.41, 5.74) is 5.01. The zero-order valence-corrected chi connectivity index (χ0v) is 20.5. The smallest absolute Gasteiger partial charge is 0.303 e. The minimum Gasteiger partial charge on any atom is -0.481 e. The number of aliphatic hydroxyl groups is 1. The fourth-order valence-electron chi connectivity index (χ4n) is 5.42. The number of hydrogen-bond acceptors (Lipinski definition) is 4. The minimum absolute atomic E-state index is 0.0625. The molecule has 4 rings (SSSR count). The van der Waals surface area contributed by atoms with E-state index >= 15 is 0 Å². The van der Waals surface area contributed by atoms with Gasteiger partial charge in [-0.05, 0) is 86.5 Å². The number of β-amino-alcohol motifs (C(OH)–C–C–N with tert-alkyl or cyclic N) is 1. The average molecular weight is 466 g/mol. The maximum Gasteiger partial charge on any atom is 0.303 e. The largest absolute Gasteiger partial charge is 0.481 e. The van der Waals surface area contributed by atoms with Gasteiger partial charge >= 0.3 is 5.97 Å². The van der Waals surface area contributed by atoms with Gasteiger partial charge < -0.3 is 20.3 Å². The number of fused-ring (bicyclic) bond motifs is 1. The molecule has 0 aliphatic heterocycles. The Balaban J connectivity index is 1.26. The lowest BCUT2D eigenvalue weighted by Crippen LogP contribution is -2.45. The molecule has 2 aromatic rings. The Morgan fingerprint density at radius 3 is 2.38 bits per heavy atom. The van der Waals surface area contributed by atoms with Crippen LogP contribution in [0.3, 0.4) is 0 Å². The van der Waals surface area contributed by atoms with Crippen LogP contribution < -0.4 is 5.32 Å². The molecule has 0 bridgehead atoms. The van der Waals surface area contributed by atoms with Gasteiger partial charge in [-0.25, -0.2) is 0 Å². The highest BCUT2D eigenvalue weighted by atomic mass is 16.5. The van der Waals surface area contributed by atoms with E-state index in [4.69, 9.17) is 9.84 Å². The maximum atomic E-state index is 11.1. The van der Waals surface area contributed by atoms with Gasteiger partial charge in [-0.2, -0.15) is 0 Å². The Kier molecular flexibility index (Phi) is 8.07. The first-order valence-corrected chi connectivity index (χ1v) is 12.7. The number of ether oxygens (including phenoxy) is 1. The molecule has 1 saturated carbocycles. The van der Waals surface area contributed by atoms with Crippen LogP contribution in [-0.2, 0) is 28.8 Å². The lowest BCUT2D eigenvalue weighted by Gasteiger charge is -2.31. The fraction of sp³-hybridized carbons (Fsp3) is 0.552. The second-order valence-electron chi connectivity index (χ2n) is 10.8. The number of benzene rings is 2. The van der Waals surface area contributed by atoms with Crippen LogP contribution in [0.4, 0.5) is 0 Å². The Bertz CT molecular complexity index is 943. The SMILES string of the molecule is CC(C)(CC1Cc2ccccc2C1)NC[C@@H](O)CO[C@@H](c1ccccc1CCC(=O)O)C1CC1. The summed E-state index contributed by atoms with van der Waals surface area (Å²) in [7, 11) is 0. The van der Waals surface area contributed by atoms with E-state index in [1.54, 1.807) is 0 Å². The first-order chi connectivity index (χ1) is 16.3. The summed E-state index contributed by atoms with van der Waals surface area (Å²) in [5.74, 6) is 0.297. The minimum atomic E-state index is -0.788. The quantitative estimate of drug-likeness (QED) is 0.399. The van der Waals surface area contributed by atoms with Crippen molar-refractivity contribution >= 4 is 5.97 Å². The molecular weight excluding hydrogens is 426 g/mol. The van der Waals surface area contributed by atoms with Crippen molar-refractivity contribution in [3.05, 3.63) is 70.8 Å². The molecular formula is C29H39NO4. The third-order valence-corrected chi connectivity index (χ3v) is 7.24. The van der Waals surface area contributed by atoms with Crippen molar-refractivity contribution in [3.8, 4) is 0 Å². The molecule has 0 amide bonds. The zero-order valence-electron chi connectivity index (χ0n) is 20.5. The molecule has 0 radical (unpaired) electrons. The number of nitrogens with one attached hydrogen (secondary N) is 1. The van der Waals surface area contributed by atoms with Gasteiger partial charge in [-0.1, -0.05) is 48.5 Å². The third-order valence-electron chi connectivity index (χ3n) is 7.24. The topological polar surface area (TPSA) is 78.8 Å². The highest BCUT2D eigenvalue weighted by molar-refractivity contribution is 5.67. The van der Waals surface area contributed by atoms with Crippen LogP contribution in [0.25, 0.3) is 0 Å². The van der Waals surface area contributed by atoms with Gasteiger partial charge in [0.05, 0.1) is 18.8 Å². The molecule has 2 aliphatic carbocycles. The van der Waals surface area contributed by atoms with Crippen LogP contribution in [0.5, 0.6) is 0 Å². The molecule has 0 aromatic heterocycles. The predicted molar refractivity (Wildman–Crippen MR) is 134 cm³/mol. The highest BCUT2D eigenvalue weighted by Gasteiger charge is 2.35. The molecule has 5 nitrogen and oxygen atoms in total. The predicted octanol–water partition coefficient (Wildman–Crippen LogP) is 4.71. The van der Waals surface area contributed by atoms with Gasteiger partial charge in [0.25, 0.3) is 0 Å². The first kappa shape index (κ1) is 24.9. The zero-order chi connectivity index (χ0) is 24.1. The number of aliphatic hydroxyl groups excluding tert-OH is 1. The fourth-order valence-corrected chi connectivity index (χ4v) is 5.42. The molecule has 184 valence electrons. The number of carboxylic acid groups (broad SMARTS) is 1. The van der Waals surface area contributed by atoms with Crippen LogP contribution >= 0.6 is 0 Å². The number of rotatable bonds is 13. The van der Waals surface area contributed by atoms with Crippen LogP contribution in [0.15, 0.2) is 48.5 Å². The van der Waals surface area contributed by atoms with Gasteiger partial charge in [0, 0.05) is 18.5 Å². The van der Waals surface area contributed by atoms with Crippen LogP contribution in [-0.4, -0.2) is 41.0 Å². The molecule has 0 unspecified atom stereocenters. The second-order valence-corrected chi connectivity index (χ2v) is 10.8. The van der Waals surface area contributed by atoms with E-state index in [1.165, 1.54) is 11.1 Å². The van der Waals surface area contributed by atoms with Gasteiger partial charge in [0.15, 0.2) is 0 Å². The molecule has 5 heteroatoms. The van der Waals surface area contributed by atoms with E-state index < -0.39 is 12.1 Å². The van der Waals surface area contributed by atoms with Crippen molar-refractivity contribution in [3.63, 3.8) is 0 Å². The summed E-state index contributed by atoms with van der Waals surface area (Å²) >= 11 is 0. The van der Waals surface area contributed by atoms with Gasteiger partial charge in [0.1, 0.15) is 0 Å². The van der Waals surface area contributed by atoms with E-state index in [-0.39, 0.29) is 24.7 Å². The third kappa shape index (κ3) is 6.91. The summed E-state index contributed by atoms with van der Waals surface area (Å²) in [5, 5.41) is 23.4. The molecule has 0 spiro atoms. The van der Waals surface area contributed by atoms with Crippen LogP contribution in [0, 0.1) is 11.8 Å². The molecule has 0 saturated heterocycles. The molecule has 3 N–H and O–H groups in total. The Morgan fingerprint density at radius 2 is 1.74 bits per heavy atom. The molecule has 34 heavy (non-hydrogen) atoms. The molecule has 2 aromatic carbocycles. The van der Waals surface area contributed by atoms with Gasteiger partial charge in [0.2, 0.25) is 0 Å². The van der Waals surface area contributed by atoms with Crippen molar-refractivity contribution in [1.29, 1.82) is 0 Å². The molecule has 2 atom stereocenters. The van der Waals surface area contributed by atoms with E-state index in [9.17, 15) is 9.90 Å². The number of aliphatic carboxylic acids is 1. The summed E-state index contributed by atoms with van der Waals surface area (Å²) in [6.07, 6.45) is 5.51. The molecule has 2 aliphatic rings. The monoisotopic (exact) mass is 465 g/mol. The van der Waals surface area contributed by atoms with Crippen molar-refractivity contribution in [2.75, 3.05) is 13.2 Å². The number of carboxylic acids is 1. The maximum absolute atomic E-state index is 11.1. The average Bonchev–Trinajstić information content (AvgIpc) is 3.56. The lowest BCUT2D eigenvalue weighted by molar-refractivity contribution is -0.136. The number of hydrogen-bond donors (Lipinski definition) is 3. The van der Waals surface area contributed by atoms with Crippen molar-refractivity contribution in [1.82, 2.24) is 5.32 Å².